The Balaban J connectivity index is 1.64. The molecule has 6 nitrogen and oxygen atoms in total. The zero-order valence-corrected chi connectivity index (χ0v) is 19.3. The van der Waals surface area contributed by atoms with Gasteiger partial charge < -0.3 is 14.2 Å². The second-order valence-electron chi connectivity index (χ2n) is 9.15. The van der Waals surface area contributed by atoms with E-state index >= 15 is 0 Å². The van der Waals surface area contributed by atoms with Crippen LogP contribution < -0.4 is 9.64 Å². The highest BCUT2D eigenvalue weighted by atomic mass is 16.5. The Kier molecular flexibility index (Phi) is 7.31. The van der Waals surface area contributed by atoms with Crippen LogP contribution in [0.2, 0.25) is 0 Å². The van der Waals surface area contributed by atoms with E-state index in [1.165, 1.54) is 0 Å². The summed E-state index contributed by atoms with van der Waals surface area (Å²) in [6.45, 7) is 9.21. The van der Waals surface area contributed by atoms with E-state index in [0.29, 0.717) is 19.4 Å². The number of ether oxygens (including phenoxy) is 1. The van der Waals surface area contributed by atoms with Crippen LogP contribution in [0.25, 0.3) is 11.0 Å². The summed E-state index contributed by atoms with van der Waals surface area (Å²) in [6.07, 6.45) is 7.14. The second kappa shape index (κ2) is 9.94. The van der Waals surface area contributed by atoms with Crippen LogP contribution in [-0.4, -0.2) is 29.7 Å². The lowest BCUT2D eigenvalue weighted by atomic mass is 9.89. The third kappa shape index (κ3) is 5.84. The van der Waals surface area contributed by atoms with E-state index in [4.69, 9.17) is 9.26 Å². The molecule has 0 N–H and O–H groups in total. The highest BCUT2D eigenvalue weighted by molar-refractivity contribution is 5.92. The first-order valence-corrected chi connectivity index (χ1v) is 11.0. The topological polar surface area (TPSA) is 68.5 Å². The zero-order chi connectivity index (χ0) is 22.4. The van der Waals surface area contributed by atoms with Gasteiger partial charge in [0.2, 0.25) is 5.91 Å². The lowest BCUT2D eigenvalue weighted by molar-refractivity contribution is -0.118. The van der Waals surface area contributed by atoms with E-state index in [0.717, 1.165) is 52.9 Å². The summed E-state index contributed by atoms with van der Waals surface area (Å²) >= 11 is 0. The fourth-order valence-corrected chi connectivity index (χ4v) is 3.63. The van der Waals surface area contributed by atoms with Crippen LogP contribution in [0.15, 0.2) is 41.2 Å². The van der Waals surface area contributed by atoms with Gasteiger partial charge in [-0.25, -0.2) is 0 Å². The third-order valence-electron chi connectivity index (χ3n) is 5.19. The quantitative estimate of drug-likeness (QED) is 0.420. The maximum Gasteiger partial charge on any atom is 0.226 e. The zero-order valence-electron chi connectivity index (χ0n) is 19.3. The van der Waals surface area contributed by atoms with E-state index in [-0.39, 0.29) is 11.3 Å². The van der Waals surface area contributed by atoms with E-state index < -0.39 is 0 Å². The Morgan fingerprint density at radius 2 is 1.90 bits per heavy atom. The first-order chi connectivity index (χ1) is 14.8. The van der Waals surface area contributed by atoms with Crippen LogP contribution in [0.3, 0.4) is 0 Å². The normalized spacial score (nSPS) is 11.6. The molecule has 0 fully saturated rings. The second-order valence-corrected chi connectivity index (χ2v) is 9.15. The van der Waals surface area contributed by atoms with Gasteiger partial charge in [-0.3, -0.25) is 9.78 Å². The summed E-state index contributed by atoms with van der Waals surface area (Å²) in [7, 11) is 1.78. The molecule has 2 heterocycles. The Bertz CT molecular complexity index is 1010. The van der Waals surface area contributed by atoms with Crippen molar-refractivity contribution in [3.8, 4) is 5.75 Å². The van der Waals surface area contributed by atoms with Crippen molar-refractivity contribution in [2.45, 2.75) is 59.8 Å². The summed E-state index contributed by atoms with van der Waals surface area (Å²) in [5, 5.41) is 5.42. The predicted molar refractivity (Wildman–Crippen MR) is 124 cm³/mol. The predicted octanol–water partition coefficient (Wildman–Crippen LogP) is 5.59. The number of carbonyl (C=O) groups is 1. The Hall–Kier alpha value is -2.89. The monoisotopic (exact) mass is 423 g/mol. The summed E-state index contributed by atoms with van der Waals surface area (Å²) in [5.74, 6) is 0.879. The van der Waals surface area contributed by atoms with Crippen molar-refractivity contribution < 1.29 is 14.1 Å². The molecular weight excluding hydrogens is 390 g/mol. The molecule has 3 rings (SSSR count). The first kappa shape index (κ1) is 22.8. The number of pyridine rings is 1. The van der Waals surface area contributed by atoms with E-state index in [1.807, 2.05) is 24.3 Å². The molecule has 0 saturated carbocycles. The van der Waals surface area contributed by atoms with Gasteiger partial charge in [0, 0.05) is 42.5 Å². The molecular formula is C25H33N3O3. The van der Waals surface area contributed by atoms with Crippen molar-refractivity contribution in [1.29, 1.82) is 0 Å². The standard InChI is InChI=1S/C25H33N3O3/c1-6-8-20-22(11-10-19-21(17-25(2,3)4)27-31-24(19)20)30-16-7-9-23(29)28(5)18-12-14-26-15-13-18/h10-15H,6-9,16-17H2,1-5H3. The van der Waals surface area contributed by atoms with Crippen LogP contribution in [0.5, 0.6) is 5.75 Å². The van der Waals surface area contributed by atoms with Gasteiger partial charge in [0.1, 0.15) is 5.75 Å². The van der Waals surface area contributed by atoms with Crippen molar-refractivity contribution >= 4 is 22.6 Å². The lowest BCUT2D eigenvalue weighted by Crippen LogP contribution is -2.26. The van der Waals surface area contributed by atoms with Crippen LogP contribution in [0.1, 0.15) is 58.2 Å². The highest BCUT2D eigenvalue weighted by Gasteiger charge is 2.20. The molecule has 1 aromatic carbocycles. The van der Waals surface area contributed by atoms with Gasteiger partial charge in [0.25, 0.3) is 0 Å². The number of aryl methyl sites for hydroxylation is 1. The molecule has 166 valence electrons. The van der Waals surface area contributed by atoms with Crippen molar-refractivity contribution in [1.82, 2.24) is 10.1 Å². The van der Waals surface area contributed by atoms with E-state index in [1.54, 1.807) is 24.3 Å². The molecule has 1 amide bonds. The number of amides is 1. The SMILES string of the molecule is CCCc1c(OCCCC(=O)N(C)c2ccncc2)ccc2c(CC(C)(C)C)noc12. The van der Waals surface area contributed by atoms with Crippen molar-refractivity contribution in [3.05, 3.63) is 47.9 Å². The molecule has 0 radical (unpaired) electrons. The Morgan fingerprint density at radius 3 is 2.58 bits per heavy atom. The third-order valence-corrected chi connectivity index (χ3v) is 5.19. The van der Waals surface area contributed by atoms with Crippen molar-refractivity contribution in [3.63, 3.8) is 0 Å². The molecule has 3 aromatic rings. The van der Waals surface area contributed by atoms with Gasteiger partial charge in [0.15, 0.2) is 5.58 Å². The maximum atomic E-state index is 12.4. The van der Waals surface area contributed by atoms with Crippen molar-refractivity contribution in [2.75, 3.05) is 18.6 Å². The first-order valence-electron chi connectivity index (χ1n) is 11.0. The molecule has 0 bridgehead atoms. The molecule has 0 saturated heterocycles. The molecule has 31 heavy (non-hydrogen) atoms. The molecule has 0 aliphatic heterocycles. The molecule has 0 spiro atoms. The van der Waals surface area contributed by atoms with Gasteiger partial charge in [-0.2, -0.15) is 0 Å². The number of aromatic nitrogens is 2. The molecule has 0 aliphatic carbocycles. The number of fused-ring (bicyclic) bond motifs is 1. The Morgan fingerprint density at radius 1 is 1.16 bits per heavy atom. The minimum atomic E-state index is 0.0566. The summed E-state index contributed by atoms with van der Waals surface area (Å²) < 4.78 is 11.8. The molecule has 0 atom stereocenters. The number of carbonyl (C=O) groups excluding carboxylic acids is 1. The number of anilines is 1. The molecule has 2 aromatic heterocycles. The van der Waals surface area contributed by atoms with Gasteiger partial charge in [-0.05, 0) is 48.9 Å². The number of benzene rings is 1. The summed E-state index contributed by atoms with van der Waals surface area (Å²) in [5.41, 5.74) is 3.86. The smallest absolute Gasteiger partial charge is 0.226 e. The van der Waals surface area contributed by atoms with Gasteiger partial charge in [-0.1, -0.05) is 39.3 Å². The minimum Gasteiger partial charge on any atom is -0.493 e. The molecule has 0 aliphatic rings. The lowest BCUT2D eigenvalue weighted by Gasteiger charge is -2.17. The van der Waals surface area contributed by atoms with E-state index in [9.17, 15) is 4.79 Å². The maximum absolute atomic E-state index is 12.4. The molecule has 0 unspecified atom stereocenters. The van der Waals surface area contributed by atoms with Crippen LogP contribution in [0, 0.1) is 5.41 Å². The Labute approximate surface area is 184 Å². The van der Waals surface area contributed by atoms with Crippen molar-refractivity contribution in [2.24, 2.45) is 5.41 Å². The highest BCUT2D eigenvalue weighted by Crippen LogP contribution is 2.33. The van der Waals surface area contributed by atoms with Gasteiger partial charge >= 0.3 is 0 Å². The fraction of sp³-hybridized carbons (Fsp3) is 0.480. The number of hydrogen-bond donors (Lipinski definition) is 0. The summed E-state index contributed by atoms with van der Waals surface area (Å²) in [4.78, 5) is 18.1. The van der Waals surface area contributed by atoms with Gasteiger partial charge in [0.05, 0.1) is 12.3 Å². The van der Waals surface area contributed by atoms with Crippen LogP contribution in [0.4, 0.5) is 5.69 Å². The van der Waals surface area contributed by atoms with Gasteiger partial charge in [-0.15, -0.1) is 0 Å². The van der Waals surface area contributed by atoms with Crippen LogP contribution >= 0.6 is 0 Å². The number of rotatable bonds is 9. The van der Waals surface area contributed by atoms with E-state index in [2.05, 4.69) is 37.8 Å². The van der Waals surface area contributed by atoms with Crippen LogP contribution in [-0.2, 0) is 17.6 Å². The minimum absolute atomic E-state index is 0.0566. The molecule has 6 heteroatoms. The fourth-order valence-electron chi connectivity index (χ4n) is 3.63. The summed E-state index contributed by atoms with van der Waals surface area (Å²) in [6, 6.07) is 7.71. The average Bonchev–Trinajstić information content (AvgIpc) is 3.13. The number of nitrogens with zero attached hydrogens (tertiary/aromatic N) is 3. The largest absolute Gasteiger partial charge is 0.493 e. The number of hydrogen-bond acceptors (Lipinski definition) is 5. The average molecular weight is 424 g/mol.